The van der Waals surface area contributed by atoms with Crippen molar-refractivity contribution in [1.29, 1.82) is 0 Å². The highest BCUT2D eigenvalue weighted by Crippen LogP contribution is 2.23. The first-order valence-corrected chi connectivity index (χ1v) is 9.91. The first-order chi connectivity index (χ1) is 11.7. The summed E-state index contributed by atoms with van der Waals surface area (Å²) in [5.74, 6) is 2.70. The van der Waals surface area contributed by atoms with Crippen molar-refractivity contribution in [2.45, 2.75) is 59.0 Å². The molecule has 2 aliphatic rings. The summed E-state index contributed by atoms with van der Waals surface area (Å²) >= 11 is 0. The molecule has 5 nitrogen and oxygen atoms in total. The van der Waals surface area contributed by atoms with E-state index in [0.29, 0.717) is 6.10 Å². The van der Waals surface area contributed by atoms with E-state index in [9.17, 15) is 0 Å². The Morgan fingerprint density at radius 2 is 2.20 bits per heavy atom. The number of nitrogens with one attached hydrogen (secondary N) is 1. The number of ether oxygens (including phenoxy) is 2. The van der Waals surface area contributed by atoms with Crippen molar-refractivity contribution in [2.75, 3.05) is 46.0 Å². The topological polar surface area (TPSA) is 46.1 Å². The molecule has 0 aromatic heterocycles. The molecule has 0 aromatic carbocycles. The summed E-state index contributed by atoms with van der Waals surface area (Å²) < 4.78 is 11.3. The Morgan fingerprint density at radius 3 is 2.88 bits per heavy atom. The smallest absolute Gasteiger partial charge is 0.193 e. The highest BCUT2D eigenvalue weighted by Gasteiger charge is 2.25. The van der Waals surface area contributed by atoms with E-state index in [-0.39, 0.29) is 24.0 Å². The number of rotatable bonds is 9. The molecule has 6 heteroatoms. The van der Waals surface area contributed by atoms with E-state index in [1.54, 1.807) is 0 Å². The van der Waals surface area contributed by atoms with Gasteiger partial charge in [-0.05, 0) is 50.9 Å². The number of likely N-dealkylation sites (tertiary alicyclic amines) is 1. The lowest BCUT2D eigenvalue weighted by Crippen LogP contribution is -2.40. The van der Waals surface area contributed by atoms with Crippen molar-refractivity contribution in [3.8, 4) is 0 Å². The van der Waals surface area contributed by atoms with Crippen molar-refractivity contribution >= 4 is 29.9 Å². The van der Waals surface area contributed by atoms with Crippen molar-refractivity contribution in [3.05, 3.63) is 0 Å². The van der Waals surface area contributed by atoms with Gasteiger partial charge in [-0.1, -0.05) is 13.8 Å². The first kappa shape index (κ1) is 23.0. The zero-order valence-corrected chi connectivity index (χ0v) is 18.7. The molecule has 0 bridgehead atoms. The molecular formula is C19H38IN3O2. The first-order valence-electron chi connectivity index (χ1n) is 9.91. The van der Waals surface area contributed by atoms with E-state index >= 15 is 0 Å². The fraction of sp³-hybridized carbons (Fsp3) is 0.947. The second kappa shape index (κ2) is 13.1. The van der Waals surface area contributed by atoms with E-state index in [1.807, 2.05) is 0 Å². The number of aliphatic imine (C=N–C) groups is 1. The molecule has 0 radical (unpaired) electrons. The lowest BCUT2D eigenvalue weighted by molar-refractivity contribution is 0.0170. The Hall–Kier alpha value is -0.0800. The van der Waals surface area contributed by atoms with Gasteiger partial charge in [-0.15, -0.1) is 24.0 Å². The minimum absolute atomic E-state index is 0. The van der Waals surface area contributed by atoms with Crippen molar-refractivity contribution < 1.29 is 9.47 Å². The lowest BCUT2D eigenvalue weighted by Gasteiger charge is -2.22. The van der Waals surface area contributed by atoms with Crippen LogP contribution in [0.15, 0.2) is 4.99 Å². The van der Waals surface area contributed by atoms with Crippen LogP contribution in [0.5, 0.6) is 0 Å². The van der Waals surface area contributed by atoms with E-state index in [0.717, 1.165) is 76.6 Å². The van der Waals surface area contributed by atoms with E-state index in [4.69, 9.17) is 14.5 Å². The van der Waals surface area contributed by atoms with Crippen LogP contribution in [-0.2, 0) is 9.47 Å². The predicted molar refractivity (Wildman–Crippen MR) is 115 cm³/mol. The minimum atomic E-state index is 0. The summed E-state index contributed by atoms with van der Waals surface area (Å²) in [5.41, 5.74) is 0. The number of halogens is 1. The Kier molecular flexibility index (Phi) is 12.1. The molecule has 25 heavy (non-hydrogen) atoms. The average Bonchev–Trinajstić information content (AvgIpc) is 3.21. The largest absolute Gasteiger partial charge is 0.379 e. The summed E-state index contributed by atoms with van der Waals surface area (Å²) in [6.45, 7) is 13.2. The normalized spacial score (nSPS) is 24.0. The summed E-state index contributed by atoms with van der Waals surface area (Å²) in [6, 6.07) is 0. The monoisotopic (exact) mass is 467 g/mol. The zero-order valence-electron chi connectivity index (χ0n) is 16.3. The van der Waals surface area contributed by atoms with Crippen molar-refractivity contribution in [1.82, 2.24) is 10.2 Å². The van der Waals surface area contributed by atoms with Gasteiger partial charge in [0, 0.05) is 39.4 Å². The Morgan fingerprint density at radius 1 is 1.36 bits per heavy atom. The van der Waals surface area contributed by atoms with Crippen LogP contribution in [-0.4, -0.2) is 63.0 Å². The molecule has 0 amide bonds. The quantitative estimate of drug-likeness (QED) is 0.244. The SMILES string of the molecule is CCNC(=NCCCOCC1CCCO1)N1CCC(CC(C)C)C1.I. The summed E-state index contributed by atoms with van der Waals surface area (Å²) in [6.07, 6.45) is 6.26. The van der Waals surface area contributed by atoms with Gasteiger partial charge in [0.1, 0.15) is 0 Å². The zero-order chi connectivity index (χ0) is 17.2. The average molecular weight is 467 g/mol. The van der Waals surface area contributed by atoms with E-state index < -0.39 is 0 Å². The van der Waals surface area contributed by atoms with Gasteiger partial charge < -0.3 is 19.7 Å². The fourth-order valence-electron chi connectivity index (χ4n) is 3.65. The van der Waals surface area contributed by atoms with Crippen LogP contribution in [0, 0.1) is 11.8 Å². The van der Waals surface area contributed by atoms with Gasteiger partial charge in [-0.3, -0.25) is 4.99 Å². The summed E-state index contributed by atoms with van der Waals surface area (Å²) in [7, 11) is 0. The van der Waals surface area contributed by atoms with Crippen molar-refractivity contribution in [2.24, 2.45) is 16.8 Å². The Balaban J connectivity index is 0.00000312. The number of hydrogen-bond donors (Lipinski definition) is 1. The van der Waals surface area contributed by atoms with Crippen molar-refractivity contribution in [3.63, 3.8) is 0 Å². The second-order valence-electron chi connectivity index (χ2n) is 7.53. The van der Waals surface area contributed by atoms with Gasteiger partial charge in [0.2, 0.25) is 0 Å². The Bertz CT molecular complexity index is 374. The highest BCUT2D eigenvalue weighted by molar-refractivity contribution is 14.0. The molecule has 2 unspecified atom stereocenters. The molecule has 0 aliphatic carbocycles. The third kappa shape index (κ3) is 8.91. The maximum absolute atomic E-state index is 5.72. The van der Waals surface area contributed by atoms with Crippen LogP contribution in [0.4, 0.5) is 0 Å². The number of hydrogen-bond acceptors (Lipinski definition) is 3. The summed E-state index contributed by atoms with van der Waals surface area (Å²) in [4.78, 5) is 7.23. The molecule has 0 saturated carbocycles. The van der Waals surface area contributed by atoms with Gasteiger partial charge >= 0.3 is 0 Å². The van der Waals surface area contributed by atoms with Crippen LogP contribution in [0.25, 0.3) is 0 Å². The van der Waals surface area contributed by atoms with Crippen LogP contribution in [0.2, 0.25) is 0 Å². The molecule has 0 spiro atoms. The third-order valence-corrected chi connectivity index (χ3v) is 4.76. The summed E-state index contributed by atoms with van der Waals surface area (Å²) in [5, 5.41) is 3.45. The molecule has 2 atom stereocenters. The molecule has 148 valence electrons. The third-order valence-electron chi connectivity index (χ3n) is 4.76. The van der Waals surface area contributed by atoms with Crippen LogP contribution in [0.1, 0.15) is 52.9 Å². The molecule has 2 heterocycles. The molecule has 2 rings (SSSR count). The van der Waals surface area contributed by atoms with Gasteiger partial charge in [-0.2, -0.15) is 0 Å². The minimum Gasteiger partial charge on any atom is -0.379 e. The predicted octanol–water partition coefficient (Wildman–Crippen LogP) is 3.52. The van der Waals surface area contributed by atoms with E-state index in [1.165, 1.54) is 19.3 Å². The molecule has 2 saturated heterocycles. The molecule has 2 aliphatic heterocycles. The van der Waals surface area contributed by atoms with Gasteiger partial charge in [0.25, 0.3) is 0 Å². The highest BCUT2D eigenvalue weighted by atomic mass is 127. The molecule has 0 aromatic rings. The molecule has 1 N–H and O–H groups in total. The standard InChI is InChI=1S/C19H37N3O2.HI/c1-4-20-19(22-10-8-17(14-22)13-16(2)3)21-9-6-11-23-15-18-7-5-12-24-18;/h16-18H,4-15H2,1-3H3,(H,20,21);1H. The van der Waals surface area contributed by atoms with Crippen LogP contribution >= 0.6 is 24.0 Å². The van der Waals surface area contributed by atoms with Crippen LogP contribution in [0.3, 0.4) is 0 Å². The number of nitrogens with zero attached hydrogens (tertiary/aromatic N) is 2. The van der Waals surface area contributed by atoms with Gasteiger partial charge in [-0.25, -0.2) is 0 Å². The number of guanidine groups is 1. The molecular weight excluding hydrogens is 429 g/mol. The maximum atomic E-state index is 5.72. The molecule has 2 fully saturated rings. The van der Waals surface area contributed by atoms with Gasteiger partial charge in [0.15, 0.2) is 5.96 Å². The fourth-order valence-corrected chi connectivity index (χ4v) is 3.65. The van der Waals surface area contributed by atoms with Gasteiger partial charge in [0.05, 0.1) is 12.7 Å². The Labute approximate surface area is 171 Å². The maximum Gasteiger partial charge on any atom is 0.193 e. The van der Waals surface area contributed by atoms with E-state index in [2.05, 4.69) is 31.0 Å². The second-order valence-corrected chi connectivity index (χ2v) is 7.53. The lowest BCUT2D eigenvalue weighted by atomic mass is 9.97. The van der Waals surface area contributed by atoms with Crippen LogP contribution < -0.4 is 5.32 Å².